The van der Waals surface area contributed by atoms with Gasteiger partial charge in [0.2, 0.25) is 0 Å². The maximum absolute atomic E-state index is 10.8. The number of rotatable bonds is 2. The monoisotopic (exact) mass is 177 g/mol. The first-order valence-corrected chi connectivity index (χ1v) is 3.26. The zero-order chi connectivity index (χ0) is 9.84. The van der Waals surface area contributed by atoms with Gasteiger partial charge >= 0.3 is 20.0 Å². The van der Waals surface area contributed by atoms with Crippen LogP contribution in [0.15, 0.2) is 18.2 Å². The molecule has 0 atom stereocenters. The average molecular weight is 177 g/mol. The Morgan fingerprint density at radius 1 is 1.38 bits per heavy atom. The van der Waals surface area contributed by atoms with Crippen molar-refractivity contribution in [3.05, 3.63) is 29.6 Å². The molecular formula is C7H4BNO4. The molecule has 0 unspecified atom stereocenters. The van der Waals surface area contributed by atoms with E-state index in [0.717, 1.165) is 0 Å². The summed E-state index contributed by atoms with van der Waals surface area (Å²) in [5, 5.41) is 8.52. The van der Waals surface area contributed by atoms with Crippen LogP contribution < -0.4 is 0 Å². The zero-order valence-corrected chi connectivity index (χ0v) is 6.43. The van der Waals surface area contributed by atoms with Crippen molar-refractivity contribution in [1.82, 2.24) is 4.98 Å². The SMILES string of the molecule is [B]OC(=O)c1cccc(C(=O)O)n1. The third kappa shape index (κ3) is 2.05. The molecule has 0 saturated carbocycles. The molecule has 0 bridgehead atoms. The Balaban J connectivity index is 3.05. The van der Waals surface area contributed by atoms with Crippen LogP contribution in [0.1, 0.15) is 21.0 Å². The van der Waals surface area contributed by atoms with Crippen LogP contribution in [-0.2, 0) is 4.65 Å². The number of carboxylic acid groups (broad SMARTS) is 1. The van der Waals surface area contributed by atoms with Crippen molar-refractivity contribution in [2.75, 3.05) is 0 Å². The van der Waals surface area contributed by atoms with E-state index in [-0.39, 0.29) is 11.4 Å². The molecule has 0 aliphatic rings. The number of pyridine rings is 1. The number of hydrogen-bond acceptors (Lipinski definition) is 4. The van der Waals surface area contributed by atoms with Crippen LogP contribution in [0.25, 0.3) is 0 Å². The second-order valence-corrected chi connectivity index (χ2v) is 2.12. The molecule has 5 nitrogen and oxygen atoms in total. The number of carbonyl (C=O) groups excluding carboxylic acids is 1. The van der Waals surface area contributed by atoms with Gasteiger partial charge in [0.25, 0.3) is 0 Å². The molecule has 0 saturated heterocycles. The fourth-order valence-electron chi connectivity index (χ4n) is 0.728. The number of aromatic nitrogens is 1. The van der Waals surface area contributed by atoms with Gasteiger partial charge in [-0.25, -0.2) is 14.6 Å². The van der Waals surface area contributed by atoms with Gasteiger partial charge < -0.3 is 9.76 Å². The molecule has 0 aliphatic heterocycles. The van der Waals surface area contributed by atoms with Crippen LogP contribution in [0.3, 0.4) is 0 Å². The van der Waals surface area contributed by atoms with Gasteiger partial charge in [0.05, 0.1) is 0 Å². The summed E-state index contributed by atoms with van der Waals surface area (Å²) in [6.45, 7) is 0. The topological polar surface area (TPSA) is 76.5 Å². The van der Waals surface area contributed by atoms with Gasteiger partial charge in [0, 0.05) is 0 Å². The van der Waals surface area contributed by atoms with Crippen molar-refractivity contribution < 1.29 is 19.3 Å². The minimum atomic E-state index is -1.22. The van der Waals surface area contributed by atoms with Crippen LogP contribution in [0.5, 0.6) is 0 Å². The maximum Gasteiger partial charge on any atom is 0.378 e. The second kappa shape index (κ2) is 3.71. The fourth-order valence-corrected chi connectivity index (χ4v) is 0.728. The van der Waals surface area contributed by atoms with Gasteiger partial charge in [-0.3, -0.25) is 0 Å². The van der Waals surface area contributed by atoms with Crippen molar-refractivity contribution >= 4 is 20.0 Å². The lowest BCUT2D eigenvalue weighted by Crippen LogP contribution is -2.09. The molecule has 1 heterocycles. The summed E-state index contributed by atoms with van der Waals surface area (Å²) in [4.78, 5) is 24.7. The minimum absolute atomic E-state index is 0.137. The number of carboxylic acids is 1. The lowest BCUT2D eigenvalue weighted by molar-refractivity contribution is 0.0690. The highest BCUT2D eigenvalue weighted by molar-refractivity contribution is 6.09. The predicted molar refractivity (Wildman–Crippen MR) is 42.4 cm³/mol. The smallest absolute Gasteiger partial charge is 0.378 e. The summed E-state index contributed by atoms with van der Waals surface area (Å²) in [6.07, 6.45) is 0. The molecule has 1 N–H and O–H groups in total. The third-order valence-electron chi connectivity index (χ3n) is 1.28. The molecular weight excluding hydrogens is 173 g/mol. The van der Waals surface area contributed by atoms with Crippen LogP contribution in [0.2, 0.25) is 0 Å². The van der Waals surface area contributed by atoms with E-state index in [0.29, 0.717) is 0 Å². The molecule has 1 aromatic heterocycles. The first kappa shape index (κ1) is 9.24. The average Bonchev–Trinajstić information content (AvgIpc) is 2.17. The van der Waals surface area contributed by atoms with Crippen molar-refractivity contribution in [1.29, 1.82) is 0 Å². The molecule has 1 aromatic rings. The van der Waals surface area contributed by atoms with Gasteiger partial charge in [-0.15, -0.1) is 0 Å². The normalized spacial score (nSPS) is 9.23. The molecule has 0 amide bonds. The Hall–Kier alpha value is -1.85. The van der Waals surface area contributed by atoms with E-state index in [2.05, 4.69) is 17.7 Å². The highest BCUT2D eigenvalue weighted by Crippen LogP contribution is 2.00. The maximum atomic E-state index is 10.8. The number of nitrogens with zero attached hydrogens (tertiary/aromatic N) is 1. The van der Waals surface area contributed by atoms with Gasteiger partial charge in [-0.2, -0.15) is 0 Å². The van der Waals surface area contributed by atoms with E-state index in [1.54, 1.807) is 0 Å². The highest BCUT2D eigenvalue weighted by atomic mass is 16.5. The summed E-state index contributed by atoms with van der Waals surface area (Å²) >= 11 is 0. The minimum Gasteiger partial charge on any atom is -0.539 e. The van der Waals surface area contributed by atoms with Gasteiger partial charge in [-0.05, 0) is 12.1 Å². The number of hydrogen-bond donors (Lipinski definition) is 1. The Morgan fingerprint density at radius 3 is 2.54 bits per heavy atom. The molecule has 2 radical (unpaired) electrons. The van der Waals surface area contributed by atoms with Crippen LogP contribution in [0.4, 0.5) is 0 Å². The summed E-state index contributed by atoms with van der Waals surface area (Å²) in [7, 11) is 4.59. The molecule has 0 aromatic carbocycles. The molecule has 1 rings (SSSR count). The van der Waals surface area contributed by atoms with Crippen molar-refractivity contribution in [3.63, 3.8) is 0 Å². The zero-order valence-electron chi connectivity index (χ0n) is 6.43. The van der Waals surface area contributed by atoms with E-state index in [1.165, 1.54) is 18.2 Å². The van der Waals surface area contributed by atoms with E-state index in [9.17, 15) is 9.59 Å². The Labute approximate surface area is 74.8 Å². The van der Waals surface area contributed by atoms with Gasteiger partial charge in [-0.1, -0.05) is 6.07 Å². The lowest BCUT2D eigenvalue weighted by atomic mass is 10.3. The standard InChI is InChI=1S/C7H4BNO4/c8-13-7(12)5-3-1-2-4(9-5)6(10)11/h1-3H,(H,10,11). The highest BCUT2D eigenvalue weighted by Gasteiger charge is 2.10. The van der Waals surface area contributed by atoms with Gasteiger partial charge in [0.15, 0.2) is 0 Å². The number of carbonyl (C=O) groups is 2. The Morgan fingerprint density at radius 2 is 2.00 bits per heavy atom. The second-order valence-electron chi connectivity index (χ2n) is 2.12. The van der Waals surface area contributed by atoms with Gasteiger partial charge in [0.1, 0.15) is 11.4 Å². The fraction of sp³-hybridized carbons (Fsp3) is 0. The number of aromatic carboxylic acids is 1. The summed E-state index contributed by atoms with van der Waals surface area (Å²) in [5.74, 6) is -2.09. The predicted octanol–water partition coefficient (Wildman–Crippen LogP) is 0.0201. The molecule has 0 fully saturated rings. The largest absolute Gasteiger partial charge is 0.539 e. The molecule has 0 spiro atoms. The van der Waals surface area contributed by atoms with Crippen molar-refractivity contribution in [2.24, 2.45) is 0 Å². The van der Waals surface area contributed by atoms with E-state index < -0.39 is 11.9 Å². The molecule has 6 heteroatoms. The first-order chi connectivity index (χ1) is 6.15. The van der Waals surface area contributed by atoms with E-state index in [4.69, 9.17) is 5.11 Å². The molecule has 13 heavy (non-hydrogen) atoms. The van der Waals surface area contributed by atoms with E-state index >= 15 is 0 Å². The Kier molecular flexibility index (Phi) is 2.64. The third-order valence-corrected chi connectivity index (χ3v) is 1.28. The summed E-state index contributed by atoms with van der Waals surface area (Å²) < 4.78 is 3.88. The van der Waals surface area contributed by atoms with E-state index in [1.807, 2.05) is 0 Å². The molecule has 0 aliphatic carbocycles. The summed E-state index contributed by atoms with van der Waals surface area (Å²) in [6, 6.07) is 3.94. The quantitative estimate of drug-likeness (QED) is 0.644. The van der Waals surface area contributed by atoms with Crippen LogP contribution in [-0.4, -0.2) is 30.1 Å². The Bertz CT molecular complexity index is 352. The summed E-state index contributed by atoms with van der Waals surface area (Å²) in [5.41, 5.74) is -0.370. The van der Waals surface area contributed by atoms with Crippen molar-refractivity contribution in [2.45, 2.75) is 0 Å². The first-order valence-electron chi connectivity index (χ1n) is 3.26. The van der Waals surface area contributed by atoms with Crippen molar-refractivity contribution in [3.8, 4) is 0 Å². The van der Waals surface area contributed by atoms with Crippen LogP contribution >= 0.6 is 0 Å². The van der Waals surface area contributed by atoms with Crippen LogP contribution in [0, 0.1) is 0 Å². The lowest BCUT2D eigenvalue weighted by Gasteiger charge is -1.98. The molecule has 64 valence electrons.